The molecule has 5 atom stereocenters. The molecule has 0 saturated carbocycles. The number of likely N-dealkylation sites (N-methyl/N-ethyl adjacent to an activating group) is 1. The van der Waals surface area contributed by atoms with Crippen molar-refractivity contribution in [2.75, 3.05) is 39.8 Å². The topological polar surface area (TPSA) is 81.2 Å². The Morgan fingerprint density at radius 3 is 2.50 bits per heavy atom. The van der Waals surface area contributed by atoms with E-state index >= 15 is 0 Å². The summed E-state index contributed by atoms with van der Waals surface area (Å²) >= 11 is 1.58. The van der Waals surface area contributed by atoms with Crippen molar-refractivity contribution < 1.29 is 19.5 Å². The van der Waals surface area contributed by atoms with Crippen molar-refractivity contribution in [3.05, 3.63) is 24.3 Å². The van der Waals surface area contributed by atoms with Crippen LogP contribution < -0.4 is 0 Å². The van der Waals surface area contributed by atoms with Gasteiger partial charge >= 0.3 is 0 Å². The lowest BCUT2D eigenvalue weighted by molar-refractivity contribution is -0.144. The van der Waals surface area contributed by atoms with Gasteiger partial charge in [-0.1, -0.05) is 37.6 Å². The highest BCUT2D eigenvalue weighted by Gasteiger charge is 2.73. The number of aliphatic hydroxyl groups is 1. The van der Waals surface area contributed by atoms with Crippen LogP contribution in [-0.4, -0.2) is 92.9 Å². The summed E-state index contributed by atoms with van der Waals surface area (Å²) < 4.78 is -1.36. The molecule has 8 heteroatoms. The minimum Gasteiger partial charge on any atom is -0.395 e. The van der Waals surface area contributed by atoms with Gasteiger partial charge in [-0.15, -0.1) is 11.8 Å². The highest BCUT2D eigenvalue weighted by Crippen LogP contribution is 2.65. The van der Waals surface area contributed by atoms with Crippen LogP contribution in [0.4, 0.5) is 0 Å². The number of carbonyl (C=O) groups is 3. The van der Waals surface area contributed by atoms with E-state index in [2.05, 4.69) is 13.0 Å². The van der Waals surface area contributed by atoms with Crippen molar-refractivity contribution in [3.8, 4) is 0 Å². The van der Waals surface area contributed by atoms with Crippen LogP contribution in [0.2, 0.25) is 0 Å². The molecule has 0 aromatic rings. The molecule has 2 fully saturated rings. The fourth-order valence-electron chi connectivity index (χ4n) is 5.59. The fourth-order valence-corrected chi connectivity index (χ4v) is 7.75. The van der Waals surface area contributed by atoms with Crippen LogP contribution in [0, 0.1) is 11.8 Å². The zero-order valence-corrected chi connectivity index (χ0v) is 18.7. The number of amides is 3. The second-order valence-electron chi connectivity index (χ2n) is 8.91. The van der Waals surface area contributed by atoms with E-state index in [1.807, 2.05) is 30.1 Å². The molecule has 4 aliphatic heterocycles. The smallest absolute Gasteiger partial charge is 0.247 e. The van der Waals surface area contributed by atoms with Crippen LogP contribution in [-0.2, 0) is 14.4 Å². The summed E-state index contributed by atoms with van der Waals surface area (Å²) in [6, 6.07) is -0.696. The summed E-state index contributed by atoms with van der Waals surface area (Å²) in [5.41, 5.74) is 0. The molecule has 1 spiro atoms. The molecule has 0 aliphatic carbocycles. The number of β-amino-alcohol motifs (C(OH)–C–C–N with tert-alkyl or cyclic N) is 1. The number of nitrogens with zero attached hydrogens (tertiary/aromatic N) is 3. The Hall–Kier alpha value is -1.80. The molecule has 0 radical (unpaired) electrons. The fraction of sp³-hybridized carbons (Fsp3) is 0.682. The number of aliphatic hydroxyl groups excluding tert-OH is 1. The number of fused-ring (bicyclic) bond motifs is 2. The van der Waals surface area contributed by atoms with Gasteiger partial charge in [0.2, 0.25) is 17.7 Å². The molecule has 1 N–H and O–H groups in total. The summed E-state index contributed by atoms with van der Waals surface area (Å²) in [6.07, 6.45) is 9.93. The van der Waals surface area contributed by atoms with E-state index in [4.69, 9.17) is 0 Å². The SMILES string of the molecule is CCCCN1CC=C[C@]23S[C@]4(C)C=CCN(C)C(=O)[C@@H]4[C@H]2C(=O)N(CCO)C3C1=O. The van der Waals surface area contributed by atoms with Crippen LogP contribution in [0.1, 0.15) is 26.7 Å². The lowest BCUT2D eigenvalue weighted by Gasteiger charge is -2.36. The van der Waals surface area contributed by atoms with E-state index in [0.717, 1.165) is 12.8 Å². The van der Waals surface area contributed by atoms with Crippen molar-refractivity contribution in [1.29, 1.82) is 0 Å². The summed E-state index contributed by atoms with van der Waals surface area (Å²) in [5.74, 6) is -1.47. The summed E-state index contributed by atoms with van der Waals surface area (Å²) in [6.45, 7) is 5.67. The molecule has 0 aromatic carbocycles. The van der Waals surface area contributed by atoms with Gasteiger partial charge in [0.05, 0.1) is 23.2 Å². The molecule has 3 amide bonds. The average molecular weight is 434 g/mol. The zero-order chi connectivity index (χ0) is 21.7. The maximum Gasteiger partial charge on any atom is 0.247 e. The minimum atomic E-state index is -0.804. The Kier molecular flexibility index (Phi) is 5.51. The van der Waals surface area contributed by atoms with Crippen LogP contribution in [0.3, 0.4) is 0 Å². The standard InChI is InChI=1S/C22H31N3O4S/c1-4-5-11-24-12-7-9-22-16(19(28)25(13-14-26)17(22)20(24)29)15-18(27)23(3)10-6-8-21(15,2)30-22/h6-9,15-17,26H,4-5,10-14H2,1-3H3/t15-,16-,17?,21+,22-/m0/s1. The Labute approximate surface area is 182 Å². The second-order valence-corrected chi connectivity index (χ2v) is 10.7. The largest absolute Gasteiger partial charge is 0.395 e. The molecule has 0 aromatic heterocycles. The number of rotatable bonds is 5. The van der Waals surface area contributed by atoms with E-state index in [-0.39, 0.29) is 30.9 Å². The molecular weight excluding hydrogens is 402 g/mol. The van der Waals surface area contributed by atoms with Crippen molar-refractivity contribution in [1.82, 2.24) is 14.7 Å². The number of likely N-dealkylation sites (tertiary alicyclic amines) is 1. The van der Waals surface area contributed by atoms with Crippen LogP contribution in [0.25, 0.3) is 0 Å². The third-order valence-electron chi connectivity index (χ3n) is 6.96. The Balaban J connectivity index is 1.83. The van der Waals surface area contributed by atoms with Gasteiger partial charge in [-0.3, -0.25) is 14.4 Å². The summed E-state index contributed by atoms with van der Waals surface area (Å²) in [5, 5.41) is 9.65. The maximum absolute atomic E-state index is 13.7. The molecule has 7 nitrogen and oxygen atoms in total. The van der Waals surface area contributed by atoms with E-state index in [1.54, 1.807) is 23.7 Å². The van der Waals surface area contributed by atoms with Gasteiger partial charge in [-0.05, 0) is 13.3 Å². The summed E-state index contributed by atoms with van der Waals surface area (Å²) in [4.78, 5) is 45.8. The van der Waals surface area contributed by atoms with Gasteiger partial charge in [-0.25, -0.2) is 0 Å². The van der Waals surface area contributed by atoms with Gasteiger partial charge in [0.1, 0.15) is 6.04 Å². The van der Waals surface area contributed by atoms with Crippen molar-refractivity contribution in [3.63, 3.8) is 0 Å². The second kappa shape index (κ2) is 7.71. The molecule has 4 rings (SSSR count). The van der Waals surface area contributed by atoms with Gasteiger partial charge in [0.15, 0.2) is 0 Å². The maximum atomic E-state index is 13.7. The molecule has 164 valence electrons. The normalized spacial score (nSPS) is 37.9. The van der Waals surface area contributed by atoms with Crippen molar-refractivity contribution >= 4 is 29.5 Å². The van der Waals surface area contributed by atoms with Gasteiger partial charge in [-0.2, -0.15) is 0 Å². The molecule has 0 bridgehead atoms. The third-order valence-corrected chi connectivity index (χ3v) is 8.76. The first-order chi connectivity index (χ1) is 14.3. The van der Waals surface area contributed by atoms with Crippen molar-refractivity contribution in [2.45, 2.75) is 42.2 Å². The highest BCUT2D eigenvalue weighted by atomic mass is 32.2. The first-order valence-corrected chi connectivity index (χ1v) is 11.6. The Bertz CT molecular complexity index is 814. The monoisotopic (exact) mass is 433 g/mol. The molecular formula is C22H31N3O4S. The van der Waals surface area contributed by atoms with Crippen LogP contribution in [0.5, 0.6) is 0 Å². The number of thioether (sulfide) groups is 1. The lowest BCUT2D eigenvalue weighted by atomic mass is 9.74. The molecule has 2 saturated heterocycles. The predicted octanol–water partition coefficient (Wildman–Crippen LogP) is 0.893. The number of unbranched alkanes of at least 4 members (excludes halogenated alkanes) is 1. The zero-order valence-electron chi connectivity index (χ0n) is 17.9. The van der Waals surface area contributed by atoms with Gasteiger partial charge in [0, 0.05) is 38.0 Å². The van der Waals surface area contributed by atoms with Crippen molar-refractivity contribution in [2.24, 2.45) is 11.8 Å². The Morgan fingerprint density at radius 2 is 1.80 bits per heavy atom. The molecule has 4 aliphatic rings. The van der Waals surface area contributed by atoms with E-state index < -0.39 is 27.4 Å². The first kappa shape index (κ1) is 21.4. The van der Waals surface area contributed by atoms with Gasteiger partial charge < -0.3 is 19.8 Å². The van der Waals surface area contributed by atoms with E-state index in [9.17, 15) is 19.5 Å². The quantitative estimate of drug-likeness (QED) is 0.652. The predicted molar refractivity (Wildman–Crippen MR) is 116 cm³/mol. The third kappa shape index (κ3) is 2.94. The van der Waals surface area contributed by atoms with E-state index in [1.165, 1.54) is 4.90 Å². The number of hydrogen-bond donors (Lipinski definition) is 1. The van der Waals surface area contributed by atoms with E-state index in [0.29, 0.717) is 19.6 Å². The number of carbonyl (C=O) groups excluding carboxylic acids is 3. The van der Waals surface area contributed by atoms with Crippen LogP contribution >= 0.6 is 11.8 Å². The molecule has 4 heterocycles. The summed E-state index contributed by atoms with van der Waals surface area (Å²) in [7, 11) is 1.76. The van der Waals surface area contributed by atoms with Gasteiger partial charge in [0.25, 0.3) is 0 Å². The first-order valence-electron chi connectivity index (χ1n) is 10.8. The molecule has 1 unspecified atom stereocenters. The van der Waals surface area contributed by atoms with Crippen LogP contribution in [0.15, 0.2) is 24.3 Å². The molecule has 30 heavy (non-hydrogen) atoms. The Morgan fingerprint density at radius 1 is 1.07 bits per heavy atom. The number of hydrogen-bond acceptors (Lipinski definition) is 5. The lowest BCUT2D eigenvalue weighted by Crippen LogP contribution is -2.54. The minimum absolute atomic E-state index is 0.0530. The average Bonchev–Trinajstić information content (AvgIpc) is 2.97. The highest BCUT2D eigenvalue weighted by molar-refractivity contribution is 8.02.